The molecule has 2 N–H and O–H groups in total. The van der Waals surface area contributed by atoms with Crippen LogP contribution in [0.25, 0.3) is 0 Å². The molecule has 0 unspecified atom stereocenters. The number of hydrogen-bond donors (Lipinski definition) is 2. The van der Waals surface area contributed by atoms with E-state index in [1.807, 2.05) is 0 Å². The lowest BCUT2D eigenvalue weighted by atomic mass is 10.3. The molecule has 0 aliphatic heterocycles. The molecule has 0 saturated carbocycles. The predicted octanol–water partition coefficient (Wildman–Crippen LogP) is 0.608. The lowest BCUT2D eigenvalue weighted by molar-refractivity contribution is 0.194. The van der Waals surface area contributed by atoms with Crippen molar-refractivity contribution in [3.63, 3.8) is 0 Å². The maximum Gasteiger partial charge on any atom is 0.266 e. The van der Waals surface area contributed by atoms with Gasteiger partial charge in [-0.25, -0.2) is 5.10 Å². The number of nitrogens with zero attached hydrogens (tertiary/aromatic N) is 1. The van der Waals surface area contributed by atoms with Gasteiger partial charge in [-0.3, -0.25) is 4.79 Å². The minimum Gasteiger partial charge on any atom is -0.385 e. The first-order chi connectivity index (χ1) is 6.83. The molecule has 0 saturated heterocycles. The Morgan fingerprint density at radius 1 is 1.57 bits per heavy atom. The lowest BCUT2D eigenvalue weighted by Crippen LogP contribution is -2.10. The highest BCUT2D eigenvalue weighted by Crippen LogP contribution is 1.99. The van der Waals surface area contributed by atoms with Gasteiger partial charge < -0.3 is 10.1 Å². The van der Waals surface area contributed by atoms with Crippen LogP contribution in [0.4, 0.5) is 5.69 Å². The molecule has 0 aromatic carbocycles. The normalized spacial score (nSPS) is 10.1. The zero-order valence-corrected chi connectivity index (χ0v) is 8.25. The Kier molecular flexibility index (Phi) is 4.71. The summed E-state index contributed by atoms with van der Waals surface area (Å²) in [6, 6.07) is 1.49. The molecule has 0 fully saturated rings. The number of anilines is 1. The standard InChI is InChI=1S/C9H15N3O2/c1-14-5-3-2-4-10-8-6-9(13)12-11-7-8/h6-7H,2-5H2,1H3,(H2,10,12,13). The van der Waals surface area contributed by atoms with Crippen molar-refractivity contribution in [2.24, 2.45) is 0 Å². The van der Waals surface area contributed by atoms with Crippen LogP contribution in [-0.2, 0) is 4.74 Å². The van der Waals surface area contributed by atoms with E-state index >= 15 is 0 Å². The number of H-pyrrole nitrogens is 1. The lowest BCUT2D eigenvalue weighted by Gasteiger charge is -2.04. The van der Waals surface area contributed by atoms with Gasteiger partial charge in [0.15, 0.2) is 0 Å². The molecule has 1 rings (SSSR count). The highest BCUT2D eigenvalue weighted by atomic mass is 16.5. The molecule has 14 heavy (non-hydrogen) atoms. The van der Waals surface area contributed by atoms with Gasteiger partial charge in [0.2, 0.25) is 0 Å². The van der Waals surface area contributed by atoms with Crippen LogP contribution in [0.2, 0.25) is 0 Å². The fourth-order valence-corrected chi connectivity index (χ4v) is 1.08. The van der Waals surface area contributed by atoms with Gasteiger partial charge in [0.05, 0.1) is 11.9 Å². The van der Waals surface area contributed by atoms with Crippen LogP contribution in [0.15, 0.2) is 17.1 Å². The highest BCUT2D eigenvalue weighted by Gasteiger charge is 1.92. The fourth-order valence-electron chi connectivity index (χ4n) is 1.08. The van der Waals surface area contributed by atoms with Gasteiger partial charge in [-0.15, -0.1) is 0 Å². The first-order valence-electron chi connectivity index (χ1n) is 4.60. The smallest absolute Gasteiger partial charge is 0.266 e. The zero-order chi connectivity index (χ0) is 10.2. The van der Waals surface area contributed by atoms with Crippen LogP contribution in [0, 0.1) is 0 Å². The minimum absolute atomic E-state index is 0.188. The number of hydrogen-bond acceptors (Lipinski definition) is 4. The summed E-state index contributed by atoms with van der Waals surface area (Å²) < 4.78 is 4.92. The van der Waals surface area contributed by atoms with Crippen LogP contribution < -0.4 is 10.9 Å². The maximum absolute atomic E-state index is 10.8. The first-order valence-corrected chi connectivity index (χ1v) is 4.60. The van der Waals surface area contributed by atoms with Crippen molar-refractivity contribution in [2.45, 2.75) is 12.8 Å². The number of aromatic nitrogens is 2. The van der Waals surface area contributed by atoms with E-state index in [2.05, 4.69) is 15.5 Å². The Labute approximate surface area is 82.5 Å². The van der Waals surface area contributed by atoms with Gasteiger partial charge in [0.25, 0.3) is 5.56 Å². The van der Waals surface area contributed by atoms with E-state index in [4.69, 9.17) is 4.74 Å². The number of unbranched alkanes of at least 4 members (excludes halogenated alkanes) is 1. The van der Waals surface area contributed by atoms with Crippen molar-refractivity contribution in [1.82, 2.24) is 10.2 Å². The molecule has 5 nitrogen and oxygen atoms in total. The van der Waals surface area contributed by atoms with Crippen molar-refractivity contribution in [2.75, 3.05) is 25.6 Å². The molecular weight excluding hydrogens is 182 g/mol. The van der Waals surface area contributed by atoms with Crippen LogP contribution in [0.1, 0.15) is 12.8 Å². The van der Waals surface area contributed by atoms with Crippen LogP contribution >= 0.6 is 0 Å². The minimum atomic E-state index is -0.188. The SMILES string of the molecule is COCCCCNc1cn[nH]c(=O)c1. The van der Waals surface area contributed by atoms with E-state index in [0.717, 1.165) is 31.7 Å². The van der Waals surface area contributed by atoms with Gasteiger partial charge in [-0.05, 0) is 12.8 Å². The van der Waals surface area contributed by atoms with E-state index in [-0.39, 0.29) is 5.56 Å². The summed E-state index contributed by atoms with van der Waals surface area (Å²) in [5.74, 6) is 0. The molecule has 0 bridgehead atoms. The Bertz CT molecular complexity index is 311. The molecule has 0 spiro atoms. The third kappa shape index (κ3) is 4.04. The quantitative estimate of drug-likeness (QED) is 0.656. The number of rotatable bonds is 6. The molecule has 78 valence electrons. The predicted molar refractivity (Wildman–Crippen MR) is 54.5 cm³/mol. The number of nitrogens with one attached hydrogen (secondary N) is 2. The first kappa shape index (κ1) is 10.7. The molecule has 5 heteroatoms. The van der Waals surface area contributed by atoms with Crippen molar-refractivity contribution in [3.8, 4) is 0 Å². The molecule has 1 aromatic rings. The Balaban J connectivity index is 2.21. The number of ether oxygens (including phenoxy) is 1. The largest absolute Gasteiger partial charge is 0.385 e. The summed E-state index contributed by atoms with van der Waals surface area (Å²) in [6.07, 6.45) is 3.62. The average Bonchev–Trinajstić information content (AvgIpc) is 2.18. The van der Waals surface area contributed by atoms with E-state index in [1.165, 1.54) is 6.07 Å². The van der Waals surface area contributed by atoms with Gasteiger partial charge in [-0.2, -0.15) is 5.10 Å². The molecule has 0 radical (unpaired) electrons. The van der Waals surface area contributed by atoms with E-state index in [1.54, 1.807) is 13.3 Å². The maximum atomic E-state index is 10.8. The highest BCUT2D eigenvalue weighted by molar-refractivity contribution is 5.38. The Morgan fingerprint density at radius 3 is 3.14 bits per heavy atom. The summed E-state index contributed by atoms with van der Waals surface area (Å²) >= 11 is 0. The van der Waals surface area contributed by atoms with Crippen molar-refractivity contribution >= 4 is 5.69 Å². The van der Waals surface area contributed by atoms with Gasteiger partial charge >= 0.3 is 0 Å². The summed E-state index contributed by atoms with van der Waals surface area (Å²) in [5.41, 5.74) is 0.568. The van der Waals surface area contributed by atoms with Crippen LogP contribution in [0.5, 0.6) is 0 Å². The second-order valence-electron chi connectivity index (χ2n) is 2.96. The second-order valence-corrected chi connectivity index (χ2v) is 2.96. The molecule has 0 aliphatic rings. The van der Waals surface area contributed by atoms with Crippen molar-refractivity contribution in [3.05, 3.63) is 22.6 Å². The zero-order valence-electron chi connectivity index (χ0n) is 8.25. The van der Waals surface area contributed by atoms with E-state index in [9.17, 15) is 4.79 Å². The summed E-state index contributed by atoms with van der Waals surface area (Å²) in [4.78, 5) is 10.8. The molecule has 0 atom stereocenters. The van der Waals surface area contributed by atoms with Crippen LogP contribution in [-0.4, -0.2) is 30.5 Å². The summed E-state index contributed by atoms with van der Waals surface area (Å²) in [7, 11) is 1.69. The van der Waals surface area contributed by atoms with Gasteiger partial charge in [-0.1, -0.05) is 0 Å². The van der Waals surface area contributed by atoms with E-state index in [0.29, 0.717) is 0 Å². The average molecular weight is 197 g/mol. The van der Waals surface area contributed by atoms with Crippen molar-refractivity contribution in [1.29, 1.82) is 0 Å². The van der Waals surface area contributed by atoms with Crippen LogP contribution in [0.3, 0.4) is 0 Å². The number of methoxy groups -OCH3 is 1. The summed E-state index contributed by atoms with van der Waals surface area (Å²) in [5, 5.41) is 9.10. The molecular formula is C9H15N3O2. The second kappa shape index (κ2) is 6.15. The van der Waals surface area contributed by atoms with Gasteiger partial charge in [0.1, 0.15) is 0 Å². The number of aromatic amines is 1. The molecule has 1 aromatic heterocycles. The third-order valence-electron chi connectivity index (χ3n) is 1.77. The van der Waals surface area contributed by atoms with Gasteiger partial charge in [0, 0.05) is 26.3 Å². The van der Waals surface area contributed by atoms with Crippen molar-refractivity contribution < 1.29 is 4.74 Å². The summed E-state index contributed by atoms with van der Waals surface area (Å²) in [6.45, 7) is 1.60. The molecule has 0 aliphatic carbocycles. The Hall–Kier alpha value is -1.36. The topological polar surface area (TPSA) is 67.0 Å². The third-order valence-corrected chi connectivity index (χ3v) is 1.77. The fraction of sp³-hybridized carbons (Fsp3) is 0.556. The molecule has 0 amide bonds. The van der Waals surface area contributed by atoms with E-state index < -0.39 is 0 Å². The monoisotopic (exact) mass is 197 g/mol. The molecule has 1 heterocycles. The Morgan fingerprint density at radius 2 is 2.43 bits per heavy atom.